The lowest BCUT2D eigenvalue weighted by Gasteiger charge is -2.23. The number of nitrogens with zero attached hydrogens (tertiary/aromatic N) is 1. The SMILES string of the molecule is Fc1cc(C#Cc2ccc(C3CCC3)s2)cc(F)c1N=C=S. The minimum Gasteiger partial charge on any atom is -0.204 e. The Morgan fingerprint density at radius 3 is 2.45 bits per heavy atom. The first-order chi connectivity index (χ1) is 10.7. The fraction of sp³-hybridized carbons (Fsp3) is 0.235. The number of halogens is 2. The minimum absolute atomic E-state index is 0.275. The van der Waals surface area contributed by atoms with E-state index in [-0.39, 0.29) is 5.56 Å². The van der Waals surface area contributed by atoms with Crippen LogP contribution < -0.4 is 0 Å². The van der Waals surface area contributed by atoms with Crippen molar-refractivity contribution in [3.8, 4) is 11.8 Å². The highest BCUT2D eigenvalue weighted by Crippen LogP contribution is 2.39. The third kappa shape index (κ3) is 3.15. The second-order valence-electron chi connectivity index (χ2n) is 5.07. The Hall–Kier alpha value is -1.86. The van der Waals surface area contributed by atoms with Gasteiger partial charge in [0.25, 0.3) is 0 Å². The first kappa shape index (κ1) is 15.1. The zero-order chi connectivity index (χ0) is 15.5. The maximum absolute atomic E-state index is 13.7. The van der Waals surface area contributed by atoms with Crippen molar-refractivity contribution in [2.24, 2.45) is 4.99 Å². The highest BCUT2D eigenvalue weighted by atomic mass is 32.1. The predicted molar refractivity (Wildman–Crippen MR) is 87.9 cm³/mol. The van der Waals surface area contributed by atoms with Gasteiger partial charge in [0.2, 0.25) is 0 Å². The molecule has 0 saturated heterocycles. The molecule has 0 radical (unpaired) electrons. The van der Waals surface area contributed by atoms with E-state index in [0.717, 1.165) is 17.0 Å². The van der Waals surface area contributed by atoms with E-state index in [4.69, 9.17) is 0 Å². The van der Waals surface area contributed by atoms with E-state index in [1.807, 2.05) is 11.2 Å². The summed E-state index contributed by atoms with van der Waals surface area (Å²) >= 11 is 6.01. The number of hydrogen-bond acceptors (Lipinski definition) is 3. The van der Waals surface area contributed by atoms with Crippen LogP contribution in [0.5, 0.6) is 0 Å². The summed E-state index contributed by atoms with van der Waals surface area (Å²) in [6.45, 7) is 0. The van der Waals surface area contributed by atoms with E-state index >= 15 is 0 Å². The van der Waals surface area contributed by atoms with E-state index < -0.39 is 17.3 Å². The first-order valence-corrected chi connectivity index (χ1v) is 8.08. The smallest absolute Gasteiger partial charge is 0.153 e. The summed E-state index contributed by atoms with van der Waals surface area (Å²) in [5, 5.41) is 1.96. The molecular formula is C17H11F2NS2. The molecule has 22 heavy (non-hydrogen) atoms. The summed E-state index contributed by atoms with van der Waals surface area (Å²) in [7, 11) is 0. The average molecular weight is 331 g/mol. The highest BCUT2D eigenvalue weighted by Gasteiger charge is 2.20. The number of isothiocyanates is 1. The largest absolute Gasteiger partial charge is 0.204 e. The molecule has 2 aromatic rings. The molecule has 0 unspecified atom stereocenters. The molecular weight excluding hydrogens is 320 g/mol. The van der Waals surface area contributed by atoms with Crippen LogP contribution in [0.3, 0.4) is 0 Å². The summed E-state index contributed by atoms with van der Waals surface area (Å²) in [6.07, 6.45) is 3.77. The molecule has 0 atom stereocenters. The number of aliphatic imine (C=N–C) groups is 1. The Morgan fingerprint density at radius 2 is 1.86 bits per heavy atom. The monoisotopic (exact) mass is 331 g/mol. The van der Waals surface area contributed by atoms with Crippen LogP contribution in [-0.2, 0) is 0 Å². The minimum atomic E-state index is -0.789. The van der Waals surface area contributed by atoms with Crippen LogP contribution >= 0.6 is 23.6 Å². The van der Waals surface area contributed by atoms with Crippen molar-refractivity contribution in [3.05, 3.63) is 51.2 Å². The number of hydrogen-bond donors (Lipinski definition) is 0. The molecule has 1 fully saturated rings. The van der Waals surface area contributed by atoms with Gasteiger partial charge < -0.3 is 0 Å². The quantitative estimate of drug-likeness (QED) is 0.406. The molecule has 5 heteroatoms. The lowest BCUT2D eigenvalue weighted by atomic mass is 9.84. The summed E-state index contributed by atoms with van der Waals surface area (Å²) in [5.41, 5.74) is -0.152. The van der Waals surface area contributed by atoms with Crippen LogP contribution in [0.25, 0.3) is 0 Å². The molecule has 1 aromatic carbocycles. The van der Waals surface area contributed by atoms with Gasteiger partial charge in [-0.2, -0.15) is 4.99 Å². The van der Waals surface area contributed by atoms with Gasteiger partial charge in [0, 0.05) is 10.4 Å². The normalized spacial score (nSPS) is 13.7. The van der Waals surface area contributed by atoms with Crippen molar-refractivity contribution in [2.45, 2.75) is 25.2 Å². The molecule has 0 bridgehead atoms. The standard InChI is InChI=1S/C17H11F2NS2/c18-14-8-11(9-15(19)17(14)20-10-21)4-5-13-6-7-16(22-13)12-2-1-3-12/h6-9,12H,1-3H2. The molecule has 0 amide bonds. The van der Waals surface area contributed by atoms with E-state index in [1.165, 1.54) is 24.1 Å². The van der Waals surface area contributed by atoms with Gasteiger partial charge in [0.05, 0.1) is 10.0 Å². The maximum atomic E-state index is 13.7. The van der Waals surface area contributed by atoms with E-state index in [0.29, 0.717) is 5.92 Å². The Labute approximate surface area is 136 Å². The molecule has 0 spiro atoms. The molecule has 1 aromatic heterocycles. The van der Waals surface area contributed by atoms with Gasteiger partial charge in [-0.25, -0.2) is 8.78 Å². The van der Waals surface area contributed by atoms with Crippen LogP contribution in [0.1, 0.15) is 40.5 Å². The van der Waals surface area contributed by atoms with Crippen LogP contribution in [0, 0.1) is 23.5 Å². The second kappa shape index (κ2) is 6.50. The zero-order valence-corrected chi connectivity index (χ0v) is 13.2. The van der Waals surface area contributed by atoms with Gasteiger partial charge in [-0.05, 0) is 55.2 Å². The number of rotatable bonds is 2. The fourth-order valence-corrected chi connectivity index (χ4v) is 3.38. The molecule has 0 N–H and O–H groups in total. The van der Waals surface area contributed by atoms with E-state index in [9.17, 15) is 8.78 Å². The molecule has 1 aliphatic carbocycles. The third-order valence-corrected chi connectivity index (χ3v) is 4.89. The lowest BCUT2D eigenvalue weighted by Crippen LogP contribution is -2.06. The van der Waals surface area contributed by atoms with E-state index in [1.54, 1.807) is 11.3 Å². The molecule has 1 saturated carbocycles. The maximum Gasteiger partial charge on any atom is 0.153 e. The number of thiocarbonyl (C=S) groups is 1. The van der Waals surface area contributed by atoms with Gasteiger partial charge in [-0.3, -0.25) is 0 Å². The summed E-state index contributed by atoms with van der Waals surface area (Å²) in [6, 6.07) is 6.36. The van der Waals surface area contributed by atoms with Crippen LogP contribution in [-0.4, -0.2) is 5.16 Å². The van der Waals surface area contributed by atoms with Gasteiger partial charge in [-0.1, -0.05) is 18.3 Å². The third-order valence-electron chi connectivity index (χ3n) is 3.64. The van der Waals surface area contributed by atoms with Crippen LogP contribution in [0.15, 0.2) is 29.3 Å². The van der Waals surface area contributed by atoms with Crippen molar-refractivity contribution in [3.63, 3.8) is 0 Å². The molecule has 110 valence electrons. The highest BCUT2D eigenvalue weighted by molar-refractivity contribution is 7.78. The molecule has 1 heterocycles. The number of benzene rings is 1. The molecule has 0 aliphatic heterocycles. The van der Waals surface area contributed by atoms with Gasteiger partial charge >= 0.3 is 0 Å². The van der Waals surface area contributed by atoms with Crippen molar-refractivity contribution in [1.29, 1.82) is 0 Å². The van der Waals surface area contributed by atoms with Crippen molar-refractivity contribution >= 4 is 34.4 Å². The summed E-state index contributed by atoms with van der Waals surface area (Å²) in [4.78, 5) is 5.62. The van der Waals surface area contributed by atoms with Crippen molar-refractivity contribution < 1.29 is 8.78 Å². The Balaban J connectivity index is 1.84. The molecule has 3 rings (SSSR count). The lowest BCUT2D eigenvalue weighted by molar-refractivity contribution is 0.426. The zero-order valence-electron chi connectivity index (χ0n) is 11.5. The van der Waals surface area contributed by atoms with Crippen molar-refractivity contribution in [2.75, 3.05) is 0 Å². The summed E-state index contributed by atoms with van der Waals surface area (Å²) in [5.74, 6) is 4.84. The van der Waals surface area contributed by atoms with Gasteiger partial charge in [-0.15, -0.1) is 11.3 Å². The Bertz CT molecular complexity index is 796. The van der Waals surface area contributed by atoms with Crippen LogP contribution in [0.2, 0.25) is 0 Å². The second-order valence-corrected chi connectivity index (χ2v) is 6.37. The van der Waals surface area contributed by atoms with Crippen molar-refractivity contribution in [1.82, 2.24) is 0 Å². The first-order valence-electron chi connectivity index (χ1n) is 6.86. The van der Waals surface area contributed by atoms with Gasteiger partial charge in [0.15, 0.2) is 11.6 Å². The average Bonchev–Trinajstić information content (AvgIpc) is 2.87. The fourth-order valence-electron chi connectivity index (χ4n) is 2.26. The summed E-state index contributed by atoms with van der Waals surface area (Å²) < 4.78 is 27.4. The van der Waals surface area contributed by atoms with Gasteiger partial charge in [0.1, 0.15) is 5.69 Å². The Morgan fingerprint density at radius 1 is 1.14 bits per heavy atom. The predicted octanol–water partition coefficient (Wildman–Crippen LogP) is 5.43. The Kier molecular flexibility index (Phi) is 4.44. The van der Waals surface area contributed by atoms with Crippen LogP contribution in [0.4, 0.5) is 14.5 Å². The van der Waals surface area contributed by atoms with E-state index in [2.05, 4.69) is 35.1 Å². The number of thiophene rings is 1. The molecule has 1 aliphatic rings. The molecule has 1 nitrogen and oxygen atoms in total. The topological polar surface area (TPSA) is 12.4 Å².